The number of carbonyl (C=O) groups excluding carboxylic acids is 1. The van der Waals surface area contributed by atoms with Gasteiger partial charge in [-0.3, -0.25) is 4.79 Å². The van der Waals surface area contributed by atoms with Gasteiger partial charge in [-0.15, -0.1) is 0 Å². The van der Waals surface area contributed by atoms with Crippen LogP contribution >= 0.6 is 0 Å². The van der Waals surface area contributed by atoms with Gasteiger partial charge in [-0.2, -0.15) is 0 Å². The Morgan fingerprint density at radius 2 is 2.15 bits per heavy atom. The number of benzene rings is 2. The van der Waals surface area contributed by atoms with Gasteiger partial charge in [0, 0.05) is 12.5 Å². The molecule has 4 nitrogen and oxygen atoms in total. The van der Waals surface area contributed by atoms with E-state index in [1.165, 1.54) is 12.1 Å². The molecule has 0 radical (unpaired) electrons. The topological polar surface area (TPSA) is 44.8 Å². The Labute approximate surface area is 159 Å². The lowest BCUT2D eigenvalue weighted by atomic mass is 9.99. The van der Waals surface area contributed by atoms with Crippen LogP contribution in [0, 0.1) is 5.82 Å². The highest BCUT2D eigenvalue weighted by atomic mass is 19.1. The summed E-state index contributed by atoms with van der Waals surface area (Å²) in [6, 6.07) is 9.64. The van der Waals surface area contributed by atoms with E-state index in [9.17, 15) is 9.18 Å². The molecule has 1 saturated heterocycles. The van der Waals surface area contributed by atoms with E-state index < -0.39 is 0 Å². The van der Waals surface area contributed by atoms with Crippen LogP contribution in [0.2, 0.25) is 0 Å². The van der Waals surface area contributed by atoms with Crippen LogP contribution in [0.25, 0.3) is 11.1 Å². The first-order valence-electron chi connectivity index (χ1n) is 9.51. The van der Waals surface area contributed by atoms with Crippen molar-refractivity contribution in [3.63, 3.8) is 0 Å². The maximum Gasteiger partial charge on any atom is 0.199 e. The minimum absolute atomic E-state index is 0.315. The maximum atomic E-state index is 13.7. The Balaban J connectivity index is 1.98. The molecule has 1 unspecified atom stereocenters. The Hall–Kier alpha value is -2.40. The highest BCUT2D eigenvalue weighted by Crippen LogP contribution is 2.36. The van der Waals surface area contributed by atoms with Crippen molar-refractivity contribution in [3.8, 4) is 22.6 Å². The molecule has 144 valence electrons. The van der Waals surface area contributed by atoms with E-state index in [1.807, 2.05) is 0 Å². The van der Waals surface area contributed by atoms with E-state index in [2.05, 4.69) is 6.92 Å². The zero-order valence-corrected chi connectivity index (χ0v) is 15.6. The molecule has 0 saturated carbocycles. The molecule has 2 aromatic rings. The van der Waals surface area contributed by atoms with Crippen LogP contribution in [-0.4, -0.2) is 25.8 Å². The normalized spacial score (nSPS) is 16.7. The van der Waals surface area contributed by atoms with Crippen molar-refractivity contribution in [1.82, 2.24) is 0 Å². The summed E-state index contributed by atoms with van der Waals surface area (Å²) in [5, 5.41) is 0. The molecule has 0 aliphatic carbocycles. The minimum Gasteiger partial charge on any atom is -0.493 e. The highest BCUT2D eigenvalue weighted by Gasteiger charge is 2.19. The summed E-state index contributed by atoms with van der Waals surface area (Å²) in [4.78, 5) is 11.8. The summed E-state index contributed by atoms with van der Waals surface area (Å²) in [7, 11) is 0. The monoisotopic (exact) mass is 372 g/mol. The van der Waals surface area contributed by atoms with Crippen LogP contribution in [0.1, 0.15) is 49.4 Å². The lowest BCUT2D eigenvalue weighted by molar-refractivity contribution is -0.105. The van der Waals surface area contributed by atoms with Gasteiger partial charge in [0.2, 0.25) is 0 Å². The molecule has 5 heteroatoms. The summed E-state index contributed by atoms with van der Waals surface area (Å²) in [6.45, 7) is 3.25. The van der Waals surface area contributed by atoms with Crippen LogP contribution in [0.3, 0.4) is 0 Å². The van der Waals surface area contributed by atoms with Gasteiger partial charge in [-0.05, 0) is 48.6 Å². The lowest BCUT2D eigenvalue weighted by Crippen LogP contribution is -2.25. The number of unbranched alkanes of at least 4 members (excludes halogenated alkanes) is 1. The fourth-order valence-corrected chi connectivity index (χ4v) is 3.09. The second-order valence-corrected chi connectivity index (χ2v) is 6.63. The second-order valence-electron chi connectivity index (χ2n) is 6.63. The molecule has 1 heterocycles. The van der Waals surface area contributed by atoms with Crippen molar-refractivity contribution in [1.29, 1.82) is 0 Å². The SMILES string of the molecule is CCCCOc1cc(OC2CCCCO2)cc(-c2cccc(F)c2)c1C=O. The molecule has 2 aromatic carbocycles. The Morgan fingerprint density at radius 1 is 1.26 bits per heavy atom. The first-order valence-corrected chi connectivity index (χ1v) is 9.51. The number of aldehydes is 1. The molecule has 1 fully saturated rings. The zero-order valence-electron chi connectivity index (χ0n) is 15.6. The van der Waals surface area contributed by atoms with E-state index in [4.69, 9.17) is 14.2 Å². The number of ether oxygens (including phenoxy) is 3. The average molecular weight is 372 g/mol. The van der Waals surface area contributed by atoms with Crippen LogP contribution in [0.15, 0.2) is 36.4 Å². The van der Waals surface area contributed by atoms with Crippen molar-refractivity contribution < 1.29 is 23.4 Å². The van der Waals surface area contributed by atoms with E-state index in [0.717, 1.165) is 38.4 Å². The van der Waals surface area contributed by atoms with Gasteiger partial charge in [-0.1, -0.05) is 25.5 Å². The minimum atomic E-state index is -0.361. The highest BCUT2D eigenvalue weighted by molar-refractivity contribution is 5.91. The predicted molar refractivity (Wildman–Crippen MR) is 102 cm³/mol. The summed E-state index contributed by atoms with van der Waals surface area (Å²) in [6.07, 6.45) is 5.20. The molecule has 0 amide bonds. The van der Waals surface area contributed by atoms with Gasteiger partial charge in [0.05, 0.1) is 18.8 Å². The fraction of sp³-hybridized carbons (Fsp3) is 0.409. The van der Waals surface area contributed by atoms with Crippen molar-refractivity contribution in [2.24, 2.45) is 0 Å². The van der Waals surface area contributed by atoms with Crippen molar-refractivity contribution in [3.05, 3.63) is 47.8 Å². The van der Waals surface area contributed by atoms with Gasteiger partial charge in [0.1, 0.15) is 17.3 Å². The molecular weight excluding hydrogens is 347 g/mol. The molecule has 0 bridgehead atoms. The van der Waals surface area contributed by atoms with Gasteiger partial charge < -0.3 is 14.2 Å². The van der Waals surface area contributed by atoms with Crippen LogP contribution < -0.4 is 9.47 Å². The quantitative estimate of drug-likeness (QED) is 0.460. The Morgan fingerprint density at radius 3 is 2.85 bits per heavy atom. The number of rotatable bonds is 8. The molecule has 0 N–H and O–H groups in total. The molecule has 1 aliphatic heterocycles. The lowest BCUT2D eigenvalue weighted by Gasteiger charge is -2.24. The number of halogens is 1. The van der Waals surface area contributed by atoms with Gasteiger partial charge in [0.15, 0.2) is 12.6 Å². The van der Waals surface area contributed by atoms with Crippen LogP contribution in [-0.2, 0) is 4.74 Å². The van der Waals surface area contributed by atoms with E-state index in [-0.39, 0.29) is 12.1 Å². The Bertz CT molecular complexity index is 769. The average Bonchev–Trinajstić information content (AvgIpc) is 2.68. The third-order valence-electron chi connectivity index (χ3n) is 4.53. The molecule has 27 heavy (non-hydrogen) atoms. The molecule has 0 aromatic heterocycles. The summed E-state index contributed by atoms with van der Waals surface area (Å²) in [5.74, 6) is 0.643. The maximum absolute atomic E-state index is 13.7. The van der Waals surface area contributed by atoms with Gasteiger partial charge in [0.25, 0.3) is 0 Å². The number of hydrogen-bond donors (Lipinski definition) is 0. The van der Waals surface area contributed by atoms with Crippen LogP contribution in [0.4, 0.5) is 4.39 Å². The third-order valence-corrected chi connectivity index (χ3v) is 4.53. The van der Waals surface area contributed by atoms with Crippen LogP contribution in [0.5, 0.6) is 11.5 Å². The van der Waals surface area contributed by atoms with Crippen molar-refractivity contribution in [2.45, 2.75) is 45.3 Å². The standard InChI is InChI=1S/C22H25FO4/c1-2-3-10-25-21-14-18(27-22-9-4-5-11-26-22)13-19(20(21)15-24)16-7-6-8-17(23)12-16/h6-8,12-15,22H,2-5,9-11H2,1H3. The number of hydrogen-bond acceptors (Lipinski definition) is 4. The summed E-state index contributed by atoms with van der Waals surface area (Å²) < 4.78 is 31.2. The largest absolute Gasteiger partial charge is 0.493 e. The van der Waals surface area contributed by atoms with E-state index >= 15 is 0 Å². The second kappa shape index (κ2) is 9.51. The summed E-state index contributed by atoms with van der Waals surface area (Å²) >= 11 is 0. The van der Waals surface area contributed by atoms with Gasteiger partial charge >= 0.3 is 0 Å². The molecular formula is C22H25FO4. The zero-order chi connectivity index (χ0) is 19.1. The first kappa shape index (κ1) is 19.4. The molecule has 0 spiro atoms. The third kappa shape index (κ3) is 5.07. The molecule has 3 rings (SSSR count). The molecule has 1 aliphatic rings. The predicted octanol–water partition coefficient (Wildman–Crippen LogP) is 5.39. The number of carbonyl (C=O) groups is 1. The van der Waals surface area contributed by atoms with Crippen molar-refractivity contribution in [2.75, 3.05) is 13.2 Å². The fourth-order valence-electron chi connectivity index (χ4n) is 3.09. The first-order chi connectivity index (χ1) is 13.2. The molecule has 1 atom stereocenters. The van der Waals surface area contributed by atoms with Crippen molar-refractivity contribution >= 4 is 6.29 Å². The summed E-state index contributed by atoms with van der Waals surface area (Å²) in [5.41, 5.74) is 1.59. The van der Waals surface area contributed by atoms with Gasteiger partial charge in [-0.25, -0.2) is 4.39 Å². The smallest absolute Gasteiger partial charge is 0.199 e. The Kier molecular flexibility index (Phi) is 6.82. The van der Waals surface area contributed by atoms with E-state index in [1.54, 1.807) is 24.3 Å². The van der Waals surface area contributed by atoms with E-state index in [0.29, 0.717) is 41.4 Å².